The summed E-state index contributed by atoms with van der Waals surface area (Å²) in [4.78, 5) is 83.6. The van der Waals surface area contributed by atoms with Gasteiger partial charge in [0.05, 0.1) is 60.2 Å². The highest BCUT2D eigenvalue weighted by Crippen LogP contribution is 2.54. The van der Waals surface area contributed by atoms with Crippen LogP contribution in [0.5, 0.6) is 0 Å². The van der Waals surface area contributed by atoms with Gasteiger partial charge >= 0.3 is 24.0 Å². The predicted molar refractivity (Wildman–Crippen MR) is 293 cm³/mol. The number of alkyl carbamates (subject to hydrolysis) is 1. The number of hydrogen-bond donors (Lipinski definition) is 5. The van der Waals surface area contributed by atoms with Crippen molar-refractivity contribution in [3.8, 4) is 0 Å². The summed E-state index contributed by atoms with van der Waals surface area (Å²) in [6.07, 6.45) is 14.8. The van der Waals surface area contributed by atoms with E-state index in [9.17, 15) is 29.1 Å². The SMILES string of the molecule is C=Cc1c(C)c2cc3nc(cc4[nH]c(cc5nc(cc1[nH]2)C(C)=C5CCC(=O)O)c(CCC(=O)NC(C)(C)CCOC(C)(C)CNC(=O)OCC1C2CC/C=C\CCC21)c4C)C1(C)C3=CC=C(C(=O)OC)C1C(=O)OC. The Balaban J connectivity index is 1.08. The number of aromatic nitrogens is 4. The number of nitrogens with zero attached hydrogens (tertiary/aromatic N) is 2. The molecule has 404 valence electrons. The molecule has 4 atom stereocenters. The molecule has 5 heterocycles. The first-order valence-electron chi connectivity index (χ1n) is 26.5. The number of carbonyl (C=O) groups is 5. The third-order valence-corrected chi connectivity index (χ3v) is 16.3. The summed E-state index contributed by atoms with van der Waals surface area (Å²) in [5.41, 5.74) is 8.31. The molecule has 16 heteroatoms. The number of carbonyl (C=O) groups excluding carboxylic acids is 4. The van der Waals surface area contributed by atoms with Crippen molar-refractivity contribution in [3.63, 3.8) is 0 Å². The molecule has 0 radical (unpaired) electrons. The number of ether oxygens (including phenoxy) is 4. The molecule has 8 bridgehead atoms. The van der Waals surface area contributed by atoms with Gasteiger partial charge in [0.1, 0.15) is 5.92 Å². The van der Waals surface area contributed by atoms with Gasteiger partial charge in [0.25, 0.3) is 0 Å². The van der Waals surface area contributed by atoms with Gasteiger partial charge in [-0.2, -0.15) is 0 Å². The number of rotatable bonds is 18. The van der Waals surface area contributed by atoms with E-state index in [4.69, 9.17) is 28.9 Å². The highest BCUT2D eigenvalue weighted by molar-refractivity contribution is 6.02. The van der Waals surface area contributed by atoms with Crippen LogP contribution in [0, 0.1) is 37.5 Å². The van der Waals surface area contributed by atoms with Gasteiger partial charge in [-0.15, -0.1) is 0 Å². The second-order valence-corrected chi connectivity index (χ2v) is 22.3. The Hall–Kier alpha value is -7.07. The topological polar surface area (TPSA) is 224 Å². The number of amides is 2. The van der Waals surface area contributed by atoms with Gasteiger partial charge in [-0.1, -0.05) is 37.0 Å². The fourth-order valence-corrected chi connectivity index (χ4v) is 11.7. The molecule has 2 aliphatic heterocycles. The van der Waals surface area contributed by atoms with Crippen LogP contribution in [0.2, 0.25) is 0 Å². The molecule has 3 aromatic heterocycles. The van der Waals surface area contributed by atoms with Gasteiger partial charge in [0, 0.05) is 59.2 Å². The van der Waals surface area contributed by atoms with Crippen LogP contribution in [0.15, 0.2) is 60.7 Å². The highest BCUT2D eigenvalue weighted by atomic mass is 16.6. The summed E-state index contributed by atoms with van der Waals surface area (Å²) in [6, 6.07) is 7.65. The van der Waals surface area contributed by atoms with E-state index in [2.05, 4.69) is 39.3 Å². The number of allylic oxidation sites excluding steroid dienone is 7. The Kier molecular flexibility index (Phi) is 16.2. The van der Waals surface area contributed by atoms with Crippen LogP contribution in [0.3, 0.4) is 0 Å². The van der Waals surface area contributed by atoms with Crippen LogP contribution in [-0.2, 0) is 50.0 Å². The zero-order chi connectivity index (χ0) is 54.9. The third-order valence-electron chi connectivity index (χ3n) is 16.3. The lowest BCUT2D eigenvalue weighted by Crippen LogP contribution is -2.46. The summed E-state index contributed by atoms with van der Waals surface area (Å²) in [6.45, 7) is 20.6. The summed E-state index contributed by atoms with van der Waals surface area (Å²) in [5, 5.41) is 15.9. The van der Waals surface area contributed by atoms with E-state index in [1.165, 1.54) is 14.2 Å². The van der Waals surface area contributed by atoms with Gasteiger partial charge in [-0.25, -0.2) is 14.6 Å². The van der Waals surface area contributed by atoms with E-state index in [0.29, 0.717) is 83.2 Å². The Labute approximate surface area is 444 Å². The minimum atomic E-state index is -1.22. The smallest absolute Gasteiger partial charge is 0.407 e. The molecule has 3 aliphatic carbocycles. The first-order chi connectivity index (χ1) is 36.1. The molecular weight excluding hydrogens is 965 g/mol. The molecule has 1 fully saturated rings. The van der Waals surface area contributed by atoms with Crippen molar-refractivity contribution in [1.82, 2.24) is 30.6 Å². The van der Waals surface area contributed by atoms with Crippen molar-refractivity contribution in [1.29, 1.82) is 0 Å². The number of esters is 2. The molecule has 0 saturated heterocycles. The first-order valence-corrected chi connectivity index (χ1v) is 26.5. The fraction of sp³-hybridized carbons (Fsp3) is 0.483. The number of hydrogen-bond acceptors (Lipinski definition) is 11. The summed E-state index contributed by atoms with van der Waals surface area (Å²) in [5.74, 6) is -1.82. The van der Waals surface area contributed by atoms with E-state index in [1.54, 1.807) is 12.2 Å². The second-order valence-electron chi connectivity index (χ2n) is 22.3. The van der Waals surface area contributed by atoms with E-state index >= 15 is 0 Å². The van der Waals surface area contributed by atoms with E-state index < -0.39 is 46.5 Å². The summed E-state index contributed by atoms with van der Waals surface area (Å²) >= 11 is 0. The standard InChI is InChI=1S/C60H74N6O10/c1-12-36-33(2)45-28-50-43-22-19-41(55(70)73-10)54(56(71)74-11)60(43,9)51(65-50)30-46-35(4)37(48(64-46)29-49-38(21-24-53(68)69)34(3)44(63-49)27-47(36)62-45)20-23-52(67)66-58(5,6)25-26-76-59(7,8)32-61-57(72)75-31-42-39-17-15-13-14-16-18-40(39)42/h12-14,19,22,27-30,39-40,42,54,62,64H,1,15-18,20-21,23-26,31-32H2,2-11H3,(H,61,72)(H,66,67)(H,68,69)/b14-13-,44-27?,45-28?,46-30?,47-27?,48-29?,49-29?,50-28?,51-30?. The Bertz CT molecular complexity index is 3130. The van der Waals surface area contributed by atoms with Crippen LogP contribution in [-0.4, -0.2) is 100 Å². The van der Waals surface area contributed by atoms with Gasteiger partial charge in [-0.3, -0.25) is 19.4 Å². The Morgan fingerprint density at radius 1 is 0.842 bits per heavy atom. The molecule has 0 spiro atoms. The molecule has 2 amide bonds. The monoisotopic (exact) mass is 1040 g/mol. The summed E-state index contributed by atoms with van der Waals surface area (Å²) < 4.78 is 22.5. The van der Waals surface area contributed by atoms with Crippen LogP contribution < -0.4 is 10.6 Å². The first kappa shape index (κ1) is 55.2. The van der Waals surface area contributed by atoms with Gasteiger partial charge in [0.2, 0.25) is 5.91 Å². The largest absolute Gasteiger partial charge is 0.481 e. The number of aliphatic carboxylic acids is 1. The number of carboxylic acid groups (broad SMARTS) is 1. The number of aromatic amines is 2. The normalized spacial score (nSPS) is 21.4. The molecule has 1 saturated carbocycles. The molecule has 4 unspecified atom stereocenters. The van der Waals surface area contributed by atoms with Crippen LogP contribution in [0.4, 0.5) is 4.79 Å². The maximum Gasteiger partial charge on any atom is 0.407 e. The second kappa shape index (κ2) is 22.3. The highest BCUT2D eigenvalue weighted by Gasteiger charge is 2.54. The number of H-pyrrole nitrogens is 2. The minimum Gasteiger partial charge on any atom is -0.481 e. The fourth-order valence-electron chi connectivity index (χ4n) is 11.7. The average Bonchev–Trinajstić information content (AvgIpc) is 3.52. The zero-order valence-corrected chi connectivity index (χ0v) is 45.7. The van der Waals surface area contributed by atoms with Crippen molar-refractivity contribution < 1.29 is 48.0 Å². The maximum atomic E-state index is 14.0. The lowest BCUT2D eigenvalue weighted by Gasteiger charge is -2.36. The lowest BCUT2D eigenvalue weighted by atomic mass is 9.64. The van der Waals surface area contributed by atoms with Gasteiger partial charge in [0.15, 0.2) is 0 Å². The Morgan fingerprint density at radius 2 is 1.51 bits per heavy atom. The molecule has 76 heavy (non-hydrogen) atoms. The molecule has 5 N–H and O–H groups in total. The van der Waals surface area contributed by atoms with Crippen LogP contribution in [0.25, 0.3) is 44.9 Å². The van der Waals surface area contributed by atoms with E-state index in [-0.39, 0.29) is 37.3 Å². The van der Waals surface area contributed by atoms with Crippen molar-refractivity contribution >= 4 is 74.8 Å². The third kappa shape index (κ3) is 11.5. The minimum absolute atomic E-state index is 0.110. The van der Waals surface area contributed by atoms with E-state index in [1.807, 2.05) is 85.7 Å². The number of methoxy groups -OCH3 is 2. The average molecular weight is 1040 g/mol. The number of nitrogens with one attached hydrogen (secondary N) is 4. The van der Waals surface area contributed by atoms with Gasteiger partial charge in [-0.05, 0) is 176 Å². The number of carboxylic acids is 1. The molecule has 8 rings (SSSR count). The quantitative estimate of drug-likeness (QED) is 0.0456. The predicted octanol–water partition coefficient (Wildman–Crippen LogP) is 10.3. The summed E-state index contributed by atoms with van der Waals surface area (Å²) in [7, 11) is 2.56. The van der Waals surface area contributed by atoms with Crippen LogP contribution >= 0.6 is 0 Å². The van der Waals surface area contributed by atoms with Crippen LogP contribution in [0.1, 0.15) is 138 Å². The maximum absolute atomic E-state index is 14.0. The molecular formula is C60H74N6O10. The molecule has 3 aromatic rings. The van der Waals surface area contributed by atoms with Crippen molar-refractivity contribution in [2.75, 3.05) is 34.0 Å². The lowest BCUT2D eigenvalue weighted by molar-refractivity contribution is -0.149. The number of fused-ring (bicyclic) bond motifs is 12. The van der Waals surface area contributed by atoms with E-state index in [0.717, 1.165) is 70.1 Å². The van der Waals surface area contributed by atoms with Crippen molar-refractivity contribution in [2.45, 2.75) is 130 Å². The molecule has 5 aliphatic rings. The zero-order valence-electron chi connectivity index (χ0n) is 45.7. The van der Waals surface area contributed by atoms with Crippen molar-refractivity contribution in [2.24, 2.45) is 23.7 Å². The van der Waals surface area contributed by atoms with Crippen molar-refractivity contribution in [3.05, 3.63) is 106 Å². The Morgan fingerprint density at radius 3 is 2.18 bits per heavy atom. The molecule has 0 aromatic carbocycles. The molecule has 16 nitrogen and oxygen atoms in total. The number of aryl methyl sites for hydroxylation is 3. The van der Waals surface area contributed by atoms with Gasteiger partial charge < -0.3 is 44.7 Å².